The fourth-order valence-electron chi connectivity index (χ4n) is 1.56. The van der Waals surface area contributed by atoms with Crippen LogP contribution in [0, 0.1) is 13.8 Å². The second-order valence-electron chi connectivity index (χ2n) is 3.73. The molecule has 0 radical (unpaired) electrons. The molecule has 0 aliphatic rings. The molecule has 0 aromatic carbocycles. The Kier molecular flexibility index (Phi) is 3.15. The monoisotopic (exact) mass is 249 g/mol. The summed E-state index contributed by atoms with van der Waals surface area (Å²) in [5, 5.41) is 0.201. The van der Waals surface area contributed by atoms with E-state index >= 15 is 0 Å². The average molecular weight is 250 g/mol. The smallest absolute Gasteiger partial charge is 0.267 e. The first-order chi connectivity index (χ1) is 8.09. The van der Waals surface area contributed by atoms with Crippen molar-refractivity contribution in [3.05, 3.63) is 52.6 Å². The molecule has 88 valence electrons. The Labute approximate surface area is 104 Å². The quantitative estimate of drug-likeness (QED) is 0.832. The summed E-state index contributed by atoms with van der Waals surface area (Å²) in [5.74, 6) is -0.273. The van der Waals surface area contributed by atoms with E-state index in [0.29, 0.717) is 5.56 Å². The highest BCUT2D eigenvalue weighted by Gasteiger charge is 2.12. The molecule has 0 aliphatic carbocycles. The summed E-state index contributed by atoms with van der Waals surface area (Å²) in [5.41, 5.74) is 5.04. The zero-order chi connectivity index (χ0) is 12.4. The number of hydrogen-bond acceptors (Lipinski definition) is 2. The lowest BCUT2D eigenvalue weighted by molar-refractivity contribution is 0.101. The minimum atomic E-state index is -0.273. The molecule has 1 amide bonds. The molecule has 2 aromatic heterocycles. The van der Waals surface area contributed by atoms with Crippen LogP contribution in [0.25, 0.3) is 0 Å². The molecule has 0 atom stereocenters. The minimum absolute atomic E-state index is 0.201. The van der Waals surface area contributed by atoms with Gasteiger partial charge in [0.05, 0.1) is 5.56 Å². The van der Waals surface area contributed by atoms with E-state index in [0.717, 1.165) is 11.4 Å². The first kappa shape index (κ1) is 11.7. The Morgan fingerprint density at radius 2 is 1.94 bits per heavy atom. The predicted molar refractivity (Wildman–Crippen MR) is 66.8 cm³/mol. The Bertz CT molecular complexity index is 543. The summed E-state index contributed by atoms with van der Waals surface area (Å²) in [6.07, 6.45) is 1.55. The zero-order valence-electron chi connectivity index (χ0n) is 9.57. The highest BCUT2D eigenvalue weighted by Crippen LogP contribution is 2.12. The van der Waals surface area contributed by atoms with Crippen LogP contribution in [0.15, 0.2) is 30.5 Å². The van der Waals surface area contributed by atoms with Crippen molar-refractivity contribution < 1.29 is 4.79 Å². The average Bonchev–Trinajstić information content (AvgIpc) is 2.61. The molecule has 0 saturated carbocycles. The number of nitrogens with one attached hydrogen (secondary N) is 1. The minimum Gasteiger partial charge on any atom is -0.267 e. The largest absolute Gasteiger partial charge is 0.273 e. The van der Waals surface area contributed by atoms with Gasteiger partial charge in [-0.1, -0.05) is 11.6 Å². The van der Waals surface area contributed by atoms with Gasteiger partial charge in [0.2, 0.25) is 0 Å². The van der Waals surface area contributed by atoms with E-state index in [4.69, 9.17) is 11.6 Å². The maximum absolute atomic E-state index is 12.0. The zero-order valence-corrected chi connectivity index (χ0v) is 10.3. The number of pyridine rings is 1. The van der Waals surface area contributed by atoms with Gasteiger partial charge in [-0.3, -0.25) is 14.9 Å². The molecule has 0 spiro atoms. The lowest BCUT2D eigenvalue weighted by Gasteiger charge is -2.11. The topological polar surface area (TPSA) is 46.9 Å². The third kappa shape index (κ3) is 2.31. The van der Waals surface area contributed by atoms with Crippen LogP contribution < -0.4 is 5.43 Å². The molecule has 5 heteroatoms. The van der Waals surface area contributed by atoms with Gasteiger partial charge in [-0.15, -0.1) is 0 Å². The highest BCUT2D eigenvalue weighted by molar-refractivity contribution is 6.33. The third-order valence-corrected chi connectivity index (χ3v) is 2.79. The summed E-state index contributed by atoms with van der Waals surface area (Å²) >= 11 is 5.86. The molecule has 0 aliphatic heterocycles. The van der Waals surface area contributed by atoms with Crippen molar-refractivity contribution in [3.63, 3.8) is 0 Å². The van der Waals surface area contributed by atoms with Crippen LogP contribution in [0.5, 0.6) is 0 Å². The van der Waals surface area contributed by atoms with Crippen LogP contribution in [0.2, 0.25) is 5.15 Å². The number of hydrogen-bond donors (Lipinski definition) is 1. The first-order valence-electron chi connectivity index (χ1n) is 5.16. The van der Waals surface area contributed by atoms with Crippen LogP contribution in [-0.2, 0) is 0 Å². The van der Waals surface area contributed by atoms with E-state index in [-0.39, 0.29) is 11.1 Å². The molecule has 17 heavy (non-hydrogen) atoms. The molecule has 2 aromatic rings. The third-order valence-electron chi connectivity index (χ3n) is 2.49. The molecular weight excluding hydrogens is 238 g/mol. The summed E-state index contributed by atoms with van der Waals surface area (Å²) in [6.45, 7) is 3.83. The molecule has 0 unspecified atom stereocenters. The maximum Gasteiger partial charge on any atom is 0.273 e. The second kappa shape index (κ2) is 4.59. The molecule has 2 rings (SSSR count). The van der Waals surface area contributed by atoms with Gasteiger partial charge in [0.15, 0.2) is 0 Å². The van der Waals surface area contributed by atoms with Gasteiger partial charge in [0, 0.05) is 17.6 Å². The van der Waals surface area contributed by atoms with Crippen LogP contribution in [0.3, 0.4) is 0 Å². The molecule has 2 heterocycles. The molecule has 4 nitrogen and oxygen atoms in total. The van der Waals surface area contributed by atoms with Crippen molar-refractivity contribution in [1.29, 1.82) is 0 Å². The lowest BCUT2D eigenvalue weighted by atomic mass is 10.3. The number of nitrogens with zero attached hydrogens (tertiary/aromatic N) is 2. The summed E-state index contributed by atoms with van der Waals surface area (Å²) in [7, 11) is 0. The van der Waals surface area contributed by atoms with Crippen LogP contribution in [0.4, 0.5) is 0 Å². The molecule has 0 saturated heterocycles. The number of amides is 1. The fraction of sp³-hybridized carbons (Fsp3) is 0.167. The van der Waals surface area contributed by atoms with Gasteiger partial charge in [-0.25, -0.2) is 4.98 Å². The van der Waals surface area contributed by atoms with E-state index in [2.05, 4.69) is 10.4 Å². The number of carbonyl (C=O) groups excluding carboxylic acids is 1. The Hall–Kier alpha value is -1.81. The van der Waals surface area contributed by atoms with Crippen molar-refractivity contribution in [2.75, 3.05) is 5.43 Å². The first-order valence-corrected chi connectivity index (χ1v) is 5.54. The van der Waals surface area contributed by atoms with Crippen LogP contribution in [-0.4, -0.2) is 15.6 Å². The normalized spacial score (nSPS) is 10.3. The fourth-order valence-corrected chi connectivity index (χ4v) is 1.77. The molecule has 0 bridgehead atoms. The lowest BCUT2D eigenvalue weighted by Crippen LogP contribution is -2.25. The number of aryl methyl sites for hydroxylation is 2. The number of carbonyl (C=O) groups is 1. The van der Waals surface area contributed by atoms with Crippen molar-refractivity contribution in [1.82, 2.24) is 9.66 Å². The van der Waals surface area contributed by atoms with E-state index in [1.807, 2.05) is 26.0 Å². The maximum atomic E-state index is 12.0. The van der Waals surface area contributed by atoms with Gasteiger partial charge < -0.3 is 0 Å². The number of aromatic nitrogens is 2. The Balaban J connectivity index is 2.27. The molecule has 1 N–H and O–H groups in total. The van der Waals surface area contributed by atoms with Gasteiger partial charge in [0.25, 0.3) is 5.91 Å². The van der Waals surface area contributed by atoms with Crippen molar-refractivity contribution in [3.8, 4) is 0 Å². The summed E-state index contributed by atoms with van der Waals surface area (Å²) < 4.78 is 1.71. The predicted octanol–water partition coefficient (Wildman–Crippen LogP) is 2.54. The number of halogens is 1. The van der Waals surface area contributed by atoms with E-state index in [9.17, 15) is 4.79 Å². The highest BCUT2D eigenvalue weighted by atomic mass is 35.5. The van der Waals surface area contributed by atoms with Crippen LogP contribution in [0.1, 0.15) is 21.7 Å². The van der Waals surface area contributed by atoms with Crippen molar-refractivity contribution in [2.24, 2.45) is 0 Å². The Morgan fingerprint density at radius 1 is 1.29 bits per heavy atom. The number of rotatable bonds is 2. The van der Waals surface area contributed by atoms with Crippen molar-refractivity contribution >= 4 is 17.5 Å². The Morgan fingerprint density at radius 3 is 2.53 bits per heavy atom. The second-order valence-corrected chi connectivity index (χ2v) is 4.09. The van der Waals surface area contributed by atoms with Crippen molar-refractivity contribution in [2.45, 2.75) is 13.8 Å². The summed E-state index contributed by atoms with van der Waals surface area (Å²) in [4.78, 5) is 15.9. The van der Waals surface area contributed by atoms with Gasteiger partial charge in [-0.05, 0) is 38.1 Å². The van der Waals surface area contributed by atoms with Gasteiger partial charge in [-0.2, -0.15) is 0 Å². The van der Waals surface area contributed by atoms with Gasteiger partial charge in [0.1, 0.15) is 5.15 Å². The standard InChI is InChI=1S/C12H12ClN3O/c1-8-5-6-9(2)16(8)15-12(17)10-4-3-7-14-11(10)13/h3-7H,1-2H3,(H,15,17). The van der Waals surface area contributed by atoms with Crippen LogP contribution >= 0.6 is 11.6 Å². The molecule has 0 fully saturated rings. The summed E-state index contributed by atoms with van der Waals surface area (Å²) in [6, 6.07) is 7.18. The van der Waals surface area contributed by atoms with E-state index in [1.165, 1.54) is 0 Å². The van der Waals surface area contributed by atoms with E-state index in [1.54, 1.807) is 23.0 Å². The molecular formula is C12H12ClN3O. The van der Waals surface area contributed by atoms with E-state index < -0.39 is 0 Å². The SMILES string of the molecule is Cc1ccc(C)n1NC(=O)c1cccnc1Cl. The van der Waals surface area contributed by atoms with Gasteiger partial charge >= 0.3 is 0 Å².